The predicted octanol–water partition coefficient (Wildman–Crippen LogP) is 3.26. The lowest BCUT2D eigenvalue weighted by Crippen LogP contribution is -2.14. The minimum absolute atomic E-state index is 0.0993. The Morgan fingerprint density at radius 3 is 2.72 bits per heavy atom. The van der Waals surface area contributed by atoms with E-state index in [-0.39, 0.29) is 11.4 Å². The number of hydrogen-bond acceptors (Lipinski definition) is 6. The molecule has 2 heterocycles. The highest BCUT2D eigenvalue weighted by molar-refractivity contribution is 7.12. The number of aromatic nitrogens is 3. The molecule has 29 heavy (non-hydrogen) atoms. The number of phenols is 1. The van der Waals surface area contributed by atoms with E-state index in [9.17, 15) is 14.7 Å². The first-order valence-electron chi connectivity index (χ1n) is 8.57. The number of amides is 1. The molecule has 0 saturated heterocycles. The number of aromatic amines is 1. The van der Waals surface area contributed by atoms with E-state index in [2.05, 4.69) is 15.4 Å². The molecule has 0 radical (unpaired) electrons. The summed E-state index contributed by atoms with van der Waals surface area (Å²) in [7, 11) is 1.51. The van der Waals surface area contributed by atoms with Crippen LogP contribution in [0.15, 0.2) is 64.8 Å². The second kappa shape index (κ2) is 7.64. The number of carbonyl (C=O) groups is 1. The van der Waals surface area contributed by atoms with E-state index in [1.54, 1.807) is 53.9 Å². The van der Waals surface area contributed by atoms with Gasteiger partial charge in [0.1, 0.15) is 17.2 Å². The highest BCUT2D eigenvalue weighted by Crippen LogP contribution is 2.25. The van der Waals surface area contributed by atoms with Crippen LogP contribution in [0.4, 0.5) is 5.69 Å². The van der Waals surface area contributed by atoms with Crippen LogP contribution in [0.2, 0.25) is 0 Å². The second-order valence-corrected chi connectivity index (χ2v) is 6.90. The topological polar surface area (TPSA) is 109 Å². The average Bonchev–Trinajstić information content (AvgIpc) is 3.36. The number of para-hydroxylation sites is 2. The standard InChI is InChI=1S/C20H16N4O4S/c1-28-17-5-3-2-4-14(17)21-19(27)15-10-18(26)24(23-15)20-22-16(11-29-20)12-6-8-13(25)9-7-12/h2-11,23,25H,1H3,(H,21,27). The molecule has 2 aromatic heterocycles. The van der Waals surface area contributed by atoms with E-state index in [0.29, 0.717) is 22.3 Å². The van der Waals surface area contributed by atoms with Crippen LogP contribution < -0.4 is 15.6 Å². The van der Waals surface area contributed by atoms with Gasteiger partial charge in [0.25, 0.3) is 11.5 Å². The van der Waals surface area contributed by atoms with Gasteiger partial charge in [-0.3, -0.25) is 14.7 Å². The number of rotatable bonds is 5. The molecule has 1 amide bonds. The van der Waals surface area contributed by atoms with Crippen LogP contribution in [0.5, 0.6) is 11.5 Å². The molecule has 0 saturated carbocycles. The van der Waals surface area contributed by atoms with Gasteiger partial charge in [0.15, 0.2) is 0 Å². The van der Waals surface area contributed by atoms with Crippen LogP contribution in [0.1, 0.15) is 10.5 Å². The molecular formula is C20H16N4O4S. The molecule has 0 bridgehead atoms. The molecule has 0 fully saturated rings. The maximum absolute atomic E-state index is 12.5. The van der Waals surface area contributed by atoms with Gasteiger partial charge >= 0.3 is 0 Å². The van der Waals surface area contributed by atoms with Gasteiger partial charge in [-0.15, -0.1) is 11.3 Å². The smallest absolute Gasteiger partial charge is 0.274 e. The van der Waals surface area contributed by atoms with Gasteiger partial charge < -0.3 is 15.2 Å². The monoisotopic (exact) mass is 408 g/mol. The summed E-state index contributed by atoms with van der Waals surface area (Å²) in [6.45, 7) is 0. The highest BCUT2D eigenvalue weighted by atomic mass is 32.1. The van der Waals surface area contributed by atoms with Crippen molar-refractivity contribution in [1.82, 2.24) is 14.8 Å². The van der Waals surface area contributed by atoms with Crippen molar-refractivity contribution >= 4 is 22.9 Å². The summed E-state index contributed by atoms with van der Waals surface area (Å²) in [5, 5.41) is 17.1. The summed E-state index contributed by atoms with van der Waals surface area (Å²) >= 11 is 1.26. The number of hydrogen-bond donors (Lipinski definition) is 3. The molecule has 0 aliphatic heterocycles. The quantitative estimate of drug-likeness (QED) is 0.470. The Kier molecular flexibility index (Phi) is 4.88. The molecule has 0 spiro atoms. The van der Waals surface area contributed by atoms with Gasteiger partial charge in [-0.2, -0.15) is 4.68 Å². The lowest BCUT2D eigenvalue weighted by molar-refractivity contribution is 0.102. The van der Waals surface area contributed by atoms with Crippen molar-refractivity contribution in [1.29, 1.82) is 0 Å². The lowest BCUT2D eigenvalue weighted by Gasteiger charge is -2.08. The van der Waals surface area contributed by atoms with Crippen molar-refractivity contribution in [2.24, 2.45) is 0 Å². The van der Waals surface area contributed by atoms with Crippen molar-refractivity contribution in [3.05, 3.63) is 76.0 Å². The summed E-state index contributed by atoms with van der Waals surface area (Å²) in [6.07, 6.45) is 0. The number of benzene rings is 2. The number of phenolic OH excluding ortho intramolecular Hbond substituents is 1. The fourth-order valence-electron chi connectivity index (χ4n) is 2.72. The molecule has 4 aromatic rings. The molecule has 0 aliphatic carbocycles. The molecule has 0 aliphatic rings. The van der Waals surface area contributed by atoms with Crippen LogP contribution in [-0.4, -0.2) is 32.9 Å². The van der Waals surface area contributed by atoms with Crippen LogP contribution in [0, 0.1) is 0 Å². The lowest BCUT2D eigenvalue weighted by atomic mass is 10.2. The van der Waals surface area contributed by atoms with Crippen molar-refractivity contribution in [2.45, 2.75) is 0 Å². The highest BCUT2D eigenvalue weighted by Gasteiger charge is 2.16. The summed E-state index contributed by atoms with van der Waals surface area (Å²) in [5.74, 6) is 0.206. The second-order valence-electron chi connectivity index (χ2n) is 6.06. The Hall–Kier alpha value is -3.85. The molecule has 2 aromatic carbocycles. The Morgan fingerprint density at radius 2 is 1.97 bits per heavy atom. The zero-order chi connectivity index (χ0) is 20.4. The normalized spacial score (nSPS) is 10.7. The van der Waals surface area contributed by atoms with Crippen molar-refractivity contribution in [3.63, 3.8) is 0 Å². The van der Waals surface area contributed by atoms with E-state index in [4.69, 9.17) is 4.74 Å². The van der Waals surface area contributed by atoms with Gasteiger partial charge in [0.2, 0.25) is 5.13 Å². The van der Waals surface area contributed by atoms with Crippen molar-refractivity contribution in [3.8, 4) is 27.9 Å². The number of carbonyl (C=O) groups excluding carboxylic acids is 1. The van der Waals surface area contributed by atoms with Crippen LogP contribution >= 0.6 is 11.3 Å². The van der Waals surface area contributed by atoms with Gasteiger partial charge in [-0.25, -0.2) is 4.98 Å². The summed E-state index contributed by atoms with van der Waals surface area (Å²) in [5.41, 5.74) is 1.66. The molecule has 9 heteroatoms. The number of anilines is 1. The third-order valence-electron chi connectivity index (χ3n) is 4.17. The Balaban J connectivity index is 1.59. The molecule has 8 nitrogen and oxygen atoms in total. The number of ether oxygens (including phenoxy) is 1. The van der Waals surface area contributed by atoms with E-state index >= 15 is 0 Å². The fourth-order valence-corrected chi connectivity index (χ4v) is 3.52. The first-order valence-corrected chi connectivity index (χ1v) is 9.45. The Morgan fingerprint density at radius 1 is 1.21 bits per heavy atom. The largest absolute Gasteiger partial charge is 0.508 e. The van der Waals surface area contributed by atoms with Crippen LogP contribution in [0.3, 0.4) is 0 Å². The van der Waals surface area contributed by atoms with Gasteiger partial charge in [-0.05, 0) is 36.4 Å². The molecule has 3 N–H and O–H groups in total. The number of H-pyrrole nitrogens is 1. The van der Waals surface area contributed by atoms with Crippen LogP contribution in [0.25, 0.3) is 16.4 Å². The van der Waals surface area contributed by atoms with Gasteiger partial charge in [-0.1, -0.05) is 12.1 Å². The first kappa shape index (κ1) is 18.5. The minimum Gasteiger partial charge on any atom is -0.508 e. The average molecular weight is 408 g/mol. The molecule has 0 atom stereocenters. The van der Waals surface area contributed by atoms with E-state index < -0.39 is 11.5 Å². The summed E-state index contributed by atoms with van der Waals surface area (Å²) in [4.78, 5) is 29.4. The Labute approximate surface area is 169 Å². The molecule has 0 unspecified atom stereocenters. The summed E-state index contributed by atoms with van der Waals surface area (Å²) in [6, 6.07) is 14.8. The minimum atomic E-state index is -0.472. The number of nitrogens with zero attached hydrogens (tertiary/aromatic N) is 2. The predicted molar refractivity (Wildman–Crippen MR) is 110 cm³/mol. The molecule has 4 rings (SSSR count). The van der Waals surface area contributed by atoms with E-state index in [1.165, 1.54) is 29.2 Å². The van der Waals surface area contributed by atoms with E-state index in [0.717, 1.165) is 5.56 Å². The maximum atomic E-state index is 12.5. The van der Waals surface area contributed by atoms with Crippen molar-refractivity contribution in [2.75, 3.05) is 12.4 Å². The first-order chi connectivity index (χ1) is 14.0. The van der Waals surface area contributed by atoms with Crippen LogP contribution in [-0.2, 0) is 0 Å². The third-order valence-corrected chi connectivity index (χ3v) is 4.99. The maximum Gasteiger partial charge on any atom is 0.274 e. The fraction of sp³-hybridized carbons (Fsp3) is 0.0500. The van der Waals surface area contributed by atoms with Gasteiger partial charge in [0.05, 0.1) is 18.5 Å². The SMILES string of the molecule is COc1ccccc1NC(=O)c1cc(=O)n(-c2nc(-c3ccc(O)cc3)cs2)[nH]1. The van der Waals surface area contributed by atoms with E-state index in [1.807, 2.05) is 0 Å². The van der Waals surface area contributed by atoms with Crippen molar-refractivity contribution < 1.29 is 14.6 Å². The zero-order valence-corrected chi connectivity index (χ0v) is 16.1. The molecular weight excluding hydrogens is 392 g/mol. The number of aromatic hydroxyl groups is 1. The summed E-state index contributed by atoms with van der Waals surface area (Å²) < 4.78 is 6.43. The Bertz CT molecular complexity index is 1220. The molecule has 146 valence electrons. The third kappa shape index (κ3) is 3.76. The van der Waals surface area contributed by atoms with Gasteiger partial charge in [0, 0.05) is 17.0 Å². The zero-order valence-electron chi connectivity index (χ0n) is 15.2. The number of nitrogens with one attached hydrogen (secondary N) is 2. The number of methoxy groups -OCH3 is 1. The number of thiazole rings is 1.